The third-order valence-electron chi connectivity index (χ3n) is 4.18. The Kier molecular flexibility index (Phi) is 15.6. The van der Waals surface area contributed by atoms with Crippen LogP contribution in [0.3, 0.4) is 0 Å². The smallest absolute Gasteiger partial charge is 0.159 e. The maximum Gasteiger partial charge on any atom is 0.159 e. The lowest BCUT2D eigenvalue weighted by Gasteiger charge is -1.99. The van der Waals surface area contributed by atoms with E-state index in [0.29, 0.717) is 0 Å². The highest BCUT2D eigenvalue weighted by atomic mass is 35.5. The maximum atomic E-state index is 10.9. The number of halogens is 1. The summed E-state index contributed by atoms with van der Waals surface area (Å²) in [7, 11) is 0. The van der Waals surface area contributed by atoms with Crippen LogP contribution in [0.2, 0.25) is 5.02 Å². The Balaban J connectivity index is 0.000000395. The predicted molar refractivity (Wildman–Crippen MR) is 121 cm³/mol. The molecule has 0 fully saturated rings. The number of carbonyl (C=O) groups excluding carboxylic acids is 1. The Labute approximate surface area is 172 Å². The lowest BCUT2D eigenvalue weighted by atomic mass is 10.1. The van der Waals surface area contributed by atoms with E-state index in [4.69, 9.17) is 11.6 Å². The van der Waals surface area contributed by atoms with Gasteiger partial charge in [-0.15, -0.1) is 0 Å². The normalized spacial score (nSPS) is 9.56. The maximum absolute atomic E-state index is 10.9. The van der Waals surface area contributed by atoms with Gasteiger partial charge in [0.15, 0.2) is 5.78 Å². The van der Waals surface area contributed by atoms with Gasteiger partial charge in [-0.05, 0) is 37.5 Å². The van der Waals surface area contributed by atoms with Crippen molar-refractivity contribution in [1.29, 1.82) is 0 Å². The highest BCUT2D eigenvalue weighted by Crippen LogP contribution is 2.12. The summed E-state index contributed by atoms with van der Waals surface area (Å²) < 4.78 is 0. The van der Waals surface area contributed by atoms with E-state index in [1.807, 2.05) is 55.5 Å². The van der Waals surface area contributed by atoms with Crippen LogP contribution < -0.4 is 0 Å². The number of hydrogen-bond acceptors (Lipinski definition) is 1. The minimum Gasteiger partial charge on any atom is -0.295 e. The molecule has 2 aromatic carbocycles. The lowest BCUT2D eigenvalue weighted by molar-refractivity contribution is 0.101. The Bertz CT molecular complexity index is 591. The quantitative estimate of drug-likeness (QED) is 0.343. The molecule has 0 heterocycles. The largest absolute Gasteiger partial charge is 0.295 e. The molecule has 150 valence electrons. The van der Waals surface area contributed by atoms with Gasteiger partial charge in [-0.25, -0.2) is 0 Å². The first kappa shape index (κ1) is 25.4. The summed E-state index contributed by atoms with van der Waals surface area (Å²) in [5, 5.41) is 0.840. The van der Waals surface area contributed by atoms with Crippen molar-refractivity contribution in [3.63, 3.8) is 0 Å². The van der Waals surface area contributed by atoms with E-state index in [1.54, 1.807) is 6.92 Å². The Hall–Kier alpha value is -1.60. The van der Waals surface area contributed by atoms with Crippen molar-refractivity contribution >= 4 is 17.4 Å². The minimum atomic E-state index is 0.137. The molecule has 0 saturated carbocycles. The molecular weight excluding hydrogens is 352 g/mol. The zero-order chi connectivity index (χ0) is 20.5. The number of ketones is 1. The molecule has 1 nitrogen and oxygen atoms in total. The van der Waals surface area contributed by atoms with Crippen LogP contribution in [0, 0.1) is 6.92 Å². The molecule has 0 aliphatic heterocycles. The fraction of sp³-hybridized carbons (Fsp3) is 0.480. The van der Waals surface area contributed by atoms with E-state index in [1.165, 1.54) is 37.7 Å². The molecule has 2 rings (SSSR count). The van der Waals surface area contributed by atoms with Crippen molar-refractivity contribution in [2.24, 2.45) is 0 Å². The van der Waals surface area contributed by atoms with Crippen LogP contribution in [0.5, 0.6) is 0 Å². The van der Waals surface area contributed by atoms with E-state index in [9.17, 15) is 4.79 Å². The molecule has 0 aromatic heterocycles. The van der Waals surface area contributed by atoms with Gasteiger partial charge in [0.05, 0.1) is 0 Å². The summed E-state index contributed by atoms with van der Waals surface area (Å²) in [4.78, 5) is 10.9. The van der Waals surface area contributed by atoms with Gasteiger partial charge >= 0.3 is 0 Å². The van der Waals surface area contributed by atoms with Crippen LogP contribution in [0.25, 0.3) is 0 Å². The second kappa shape index (κ2) is 16.6. The number of benzene rings is 2. The third kappa shape index (κ3) is 13.2. The zero-order valence-corrected chi connectivity index (χ0v) is 18.6. The van der Waals surface area contributed by atoms with Gasteiger partial charge < -0.3 is 0 Å². The minimum absolute atomic E-state index is 0.137. The molecule has 0 N–H and O–H groups in total. The number of hydrogen-bond donors (Lipinski definition) is 0. The first-order valence-electron chi connectivity index (χ1n) is 10.3. The number of unbranched alkanes of at least 4 members (excludes halogenated alkanes) is 4. The van der Waals surface area contributed by atoms with Crippen LogP contribution in [0.15, 0.2) is 48.5 Å². The molecule has 0 spiro atoms. The molecular formula is C25H37ClO. The number of rotatable bonds is 7. The first-order chi connectivity index (χ1) is 13.0. The van der Waals surface area contributed by atoms with Gasteiger partial charge in [0.2, 0.25) is 0 Å². The van der Waals surface area contributed by atoms with Crippen molar-refractivity contribution in [1.82, 2.24) is 0 Å². The summed E-state index contributed by atoms with van der Waals surface area (Å²) in [5.41, 5.74) is 3.24. The summed E-state index contributed by atoms with van der Waals surface area (Å²) in [6.45, 7) is 10.2. The van der Waals surface area contributed by atoms with Crippen LogP contribution in [-0.2, 0) is 6.42 Å². The molecule has 0 atom stereocenters. The van der Waals surface area contributed by atoms with Gasteiger partial charge in [-0.2, -0.15) is 0 Å². The van der Waals surface area contributed by atoms with Crippen LogP contribution in [0.4, 0.5) is 0 Å². The second-order valence-corrected chi connectivity index (χ2v) is 7.22. The molecule has 0 aliphatic rings. The molecule has 2 heteroatoms. The fourth-order valence-electron chi connectivity index (χ4n) is 2.42. The van der Waals surface area contributed by atoms with Gasteiger partial charge in [0.1, 0.15) is 0 Å². The van der Waals surface area contributed by atoms with E-state index >= 15 is 0 Å². The topological polar surface area (TPSA) is 17.1 Å². The standard InChI is InChI=1S/C11H14O.C7H7Cl.C7H16/c1-3-4-10-5-7-11(8-6-10)9(2)12;1-6-4-2-3-5-7(6)8;1-3-5-7-6-4-2/h5-8H,3-4H2,1-2H3;2-5H,1H3;3-7H2,1-2H3. The second-order valence-electron chi connectivity index (χ2n) is 6.81. The number of aryl methyl sites for hydroxylation is 2. The van der Waals surface area contributed by atoms with Crippen LogP contribution in [0.1, 0.15) is 87.7 Å². The predicted octanol–water partition coefficient (Wildman–Crippen LogP) is 8.47. The average molecular weight is 389 g/mol. The van der Waals surface area contributed by atoms with Gasteiger partial charge in [0.25, 0.3) is 0 Å². The molecule has 0 bridgehead atoms. The highest BCUT2D eigenvalue weighted by molar-refractivity contribution is 6.31. The Morgan fingerprint density at radius 3 is 1.74 bits per heavy atom. The molecule has 0 radical (unpaired) electrons. The molecule has 2 aromatic rings. The number of Topliss-reactive ketones (excluding diaryl/α,β-unsaturated/α-hetero) is 1. The average Bonchev–Trinajstić information content (AvgIpc) is 2.66. The Morgan fingerprint density at radius 2 is 1.37 bits per heavy atom. The van der Waals surface area contributed by atoms with E-state index in [0.717, 1.165) is 29.0 Å². The van der Waals surface area contributed by atoms with E-state index < -0.39 is 0 Å². The van der Waals surface area contributed by atoms with Gasteiger partial charge in [-0.3, -0.25) is 4.79 Å². The third-order valence-corrected chi connectivity index (χ3v) is 4.61. The number of carbonyl (C=O) groups is 1. The molecule has 27 heavy (non-hydrogen) atoms. The van der Waals surface area contributed by atoms with Crippen molar-refractivity contribution in [2.75, 3.05) is 0 Å². The van der Waals surface area contributed by atoms with Crippen LogP contribution in [-0.4, -0.2) is 5.78 Å². The SMILES string of the molecule is CCCCCCC.CCCc1ccc(C(C)=O)cc1.Cc1ccccc1Cl. The first-order valence-corrected chi connectivity index (χ1v) is 10.6. The molecule has 0 unspecified atom stereocenters. The molecule has 0 amide bonds. The lowest BCUT2D eigenvalue weighted by Crippen LogP contribution is -1.91. The van der Waals surface area contributed by atoms with Gasteiger partial charge in [0, 0.05) is 10.6 Å². The summed E-state index contributed by atoms with van der Waals surface area (Å²) in [6, 6.07) is 15.6. The summed E-state index contributed by atoms with van der Waals surface area (Å²) in [6.07, 6.45) is 9.26. The molecule has 0 aliphatic carbocycles. The monoisotopic (exact) mass is 388 g/mol. The van der Waals surface area contributed by atoms with Gasteiger partial charge in [-0.1, -0.05) is 113 Å². The fourth-order valence-corrected chi connectivity index (χ4v) is 2.56. The van der Waals surface area contributed by atoms with Crippen molar-refractivity contribution in [2.45, 2.75) is 79.6 Å². The molecule has 0 saturated heterocycles. The van der Waals surface area contributed by atoms with Crippen molar-refractivity contribution < 1.29 is 4.79 Å². The highest BCUT2D eigenvalue weighted by Gasteiger charge is 1.97. The Morgan fingerprint density at radius 1 is 0.815 bits per heavy atom. The van der Waals surface area contributed by atoms with Crippen molar-refractivity contribution in [3.8, 4) is 0 Å². The summed E-state index contributed by atoms with van der Waals surface area (Å²) >= 11 is 5.71. The van der Waals surface area contributed by atoms with Crippen molar-refractivity contribution in [3.05, 3.63) is 70.2 Å². The zero-order valence-electron chi connectivity index (χ0n) is 17.9. The van der Waals surface area contributed by atoms with E-state index in [2.05, 4.69) is 20.8 Å². The summed E-state index contributed by atoms with van der Waals surface area (Å²) in [5.74, 6) is 0.137. The van der Waals surface area contributed by atoms with E-state index in [-0.39, 0.29) is 5.78 Å². The van der Waals surface area contributed by atoms with Crippen LogP contribution >= 0.6 is 11.6 Å².